The number of halogens is 2. The van der Waals surface area contributed by atoms with Gasteiger partial charge in [-0.25, -0.2) is 0 Å². The number of rotatable bonds is 0. The predicted octanol–water partition coefficient (Wildman–Crippen LogP) is 4.03. The molecule has 0 saturated heterocycles. The zero-order valence-corrected chi connectivity index (χ0v) is 11.8. The van der Waals surface area contributed by atoms with Crippen molar-refractivity contribution in [3.63, 3.8) is 0 Å². The topological polar surface area (TPSA) is 0 Å². The molecule has 1 aliphatic rings. The molecule has 0 aromatic heterocycles. The Hall–Kier alpha value is 0.644. The zero-order chi connectivity index (χ0) is 8.81. The van der Waals surface area contributed by atoms with Crippen molar-refractivity contribution < 1.29 is 17.4 Å². The van der Waals surface area contributed by atoms with Crippen molar-refractivity contribution in [2.24, 2.45) is 5.41 Å². The molecule has 0 radical (unpaired) electrons. The Morgan fingerprint density at radius 1 is 0.923 bits per heavy atom. The van der Waals surface area contributed by atoms with E-state index >= 15 is 0 Å². The first-order valence-corrected chi connectivity index (χ1v) is 4.67. The molecule has 0 unspecified atom stereocenters. The molecule has 0 N–H and O–H groups in total. The van der Waals surface area contributed by atoms with Crippen molar-refractivity contribution in [1.29, 1.82) is 0 Å². The second-order valence-corrected chi connectivity index (χ2v) is 4.55. The summed E-state index contributed by atoms with van der Waals surface area (Å²) in [6.45, 7) is 11.2. The molecule has 1 rings (SSSR count). The van der Waals surface area contributed by atoms with Crippen LogP contribution in [0.15, 0.2) is 21.0 Å². The van der Waals surface area contributed by atoms with Gasteiger partial charge in [-0.2, -0.15) is 0 Å². The van der Waals surface area contributed by atoms with Crippen molar-refractivity contribution in [1.82, 2.24) is 0 Å². The van der Waals surface area contributed by atoms with E-state index in [1.54, 1.807) is 0 Å². The van der Waals surface area contributed by atoms with Crippen LogP contribution in [-0.4, -0.2) is 0 Å². The van der Waals surface area contributed by atoms with Crippen molar-refractivity contribution in [2.75, 3.05) is 0 Å². The summed E-state index contributed by atoms with van der Waals surface area (Å²) in [6, 6.07) is 0. The number of allylic oxidation sites excluding steroid dienone is 4. The maximum atomic E-state index is 2.71. The van der Waals surface area contributed by atoms with Crippen LogP contribution in [0.3, 0.4) is 0 Å². The Balaban J connectivity index is 0. The molecule has 0 amide bonds. The van der Waals surface area contributed by atoms with Crippen molar-refractivity contribution in [3.05, 3.63) is 21.0 Å². The molecule has 76 valence electrons. The molecule has 3 heteroatoms. The van der Waals surface area contributed by atoms with Gasteiger partial charge < -0.3 is 0 Å². The average Bonchev–Trinajstić information content (AvgIpc) is 2.06. The fourth-order valence-corrected chi connectivity index (χ4v) is 2.10. The summed E-state index contributed by atoms with van der Waals surface area (Å²) in [5.74, 6) is 0. The van der Waals surface area contributed by atoms with E-state index in [0.29, 0.717) is 0 Å². The molecule has 0 heterocycles. The van der Waals surface area contributed by atoms with Crippen LogP contribution in [0.25, 0.3) is 0 Å². The van der Waals surface area contributed by atoms with Crippen LogP contribution in [0.5, 0.6) is 0 Å². The van der Waals surface area contributed by atoms with Crippen LogP contribution in [0.1, 0.15) is 34.6 Å². The Morgan fingerprint density at radius 2 is 1.31 bits per heavy atom. The maximum Gasteiger partial charge on any atom is -0.147 e. The fraction of sp³-hybridized carbons (Fsp3) is 0.600. The third kappa shape index (κ3) is 2.36. The summed E-state index contributed by atoms with van der Waals surface area (Å²) in [6.07, 6.45) is 0. The largest absolute Gasteiger partial charge is 0.147 e. The van der Waals surface area contributed by atoms with Gasteiger partial charge in [0, 0.05) is 0 Å². The van der Waals surface area contributed by atoms with Gasteiger partial charge in [0.2, 0.25) is 0 Å². The smallest absolute Gasteiger partial charge is 0.147 e. The molecule has 0 aliphatic heterocycles. The van der Waals surface area contributed by atoms with Crippen LogP contribution in [0.2, 0.25) is 0 Å². The first-order valence-electron chi connectivity index (χ1n) is 3.97. The van der Waals surface area contributed by atoms with Crippen LogP contribution >= 0.6 is 24.8 Å². The normalized spacial score (nSPS) is 19.8. The van der Waals surface area contributed by atoms with E-state index in [2.05, 4.69) is 52.0 Å². The van der Waals surface area contributed by atoms with E-state index in [-0.39, 0.29) is 30.2 Å². The van der Waals surface area contributed by atoms with Gasteiger partial charge in [0.15, 0.2) is 0 Å². The quantitative estimate of drug-likeness (QED) is 0.616. The average molecular weight is 259 g/mol. The van der Waals surface area contributed by atoms with Gasteiger partial charge in [0.25, 0.3) is 0 Å². The van der Waals surface area contributed by atoms with Gasteiger partial charge in [-0.1, -0.05) is 0 Å². The minimum absolute atomic E-state index is 0. The van der Waals surface area contributed by atoms with Gasteiger partial charge in [0.05, 0.1) is 0 Å². The molecule has 0 bridgehead atoms. The molecule has 0 nitrogen and oxygen atoms in total. The fourth-order valence-electron chi connectivity index (χ4n) is 1.57. The van der Waals surface area contributed by atoms with E-state index < -0.39 is 0 Å². The Kier molecular flexibility index (Phi) is 6.10. The molecule has 0 aromatic carbocycles. The maximum absolute atomic E-state index is 2.71. The molecule has 1 aliphatic carbocycles. The predicted molar refractivity (Wildman–Crippen MR) is 59.4 cm³/mol. The van der Waals surface area contributed by atoms with Crippen molar-refractivity contribution >= 4 is 24.8 Å². The van der Waals surface area contributed by atoms with E-state index in [1.165, 1.54) is 21.0 Å². The summed E-state index contributed by atoms with van der Waals surface area (Å²) in [5, 5.41) is 0. The third-order valence-corrected chi connectivity index (χ3v) is 4.41. The molecule has 0 spiro atoms. The van der Waals surface area contributed by atoms with E-state index in [0.717, 1.165) is 0 Å². The van der Waals surface area contributed by atoms with Gasteiger partial charge in [-0.05, 0) is 0 Å². The summed E-state index contributed by atoms with van der Waals surface area (Å²) in [4.78, 5) is 0. The van der Waals surface area contributed by atoms with Crippen LogP contribution < -0.4 is 0 Å². The Labute approximate surface area is 103 Å². The molecule has 0 atom stereocenters. The van der Waals surface area contributed by atoms with Gasteiger partial charge >= 0.3 is 78.5 Å². The van der Waals surface area contributed by atoms with Gasteiger partial charge in [-0.3, -0.25) is 0 Å². The number of hydrogen-bond donors (Lipinski definition) is 0. The minimum Gasteiger partial charge on any atom is -0.147 e. The summed E-state index contributed by atoms with van der Waals surface area (Å²) < 4.78 is 1.47. The molecular weight excluding hydrogens is 242 g/mol. The minimum atomic E-state index is 0. The summed E-state index contributed by atoms with van der Waals surface area (Å²) >= 11 is 2.71. The van der Waals surface area contributed by atoms with Gasteiger partial charge in [-0.15, -0.1) is 24.8 Å². The molecule has 0 aromatic rings. The Morgan fingerprint density at radius 3 is 1.38 bits per heavy atom. The zero-order valence-electron chi connectivity index (χ0n) is 8.76. The standard InChI is InChI=1S/C10H15.2ClH.V/c1-7-6-10(4,5)9(3)8(7)2;;;/h1-5H3;2*1H;. The molecule has 0 saturated carbocycles. The summed E-state index contributed by atoms with van der Waals surface area (Å²) in [7, 11) is 0. The van der Waals surface area contributed by atoms with Crippen molar-refractivity contribution in [2.45, 2.75) is 34.6 Å². The second kappa shape index (κ2) is 4.93. The summed E-state index contributed by atoms with van der Waals surface area (Å²) in [5.41, 5.74) is 4.75. The van der Waals surface area contributed by atoms with Crippen LogP contribution in [-0.2, 0) is 17.4 Å². The monoisotopic (exact) mass is 258 g/mol. The molecule has 0 fully saturated rings. The van der Waals surface area contributed by atoms with Crippen molar-refractivity contribution in [3.8, 4) is 0 Å². The first kappa shape index (κ1) is 16.1. The van der Waals surface area contributed by atoms with E-state index in [1.807, 2.05) is 0 Å². The van der Waals surface area contributed by atoms with Gasteiger partial charge in [0.1, 0.15) is 0 Å². The van der Waals surface area contributed by atoms with Crippen LogP contribution in [0.4, 0.5) is 0 Å². The molecule has 13 heavy (non-hydrogen) atoms. The van der Waals surface area contributed by atoms with E-state index in [4.69, 9.17) is 0 Å². The second-order valence-electron chi connectivity index (χ2n) is 3.85. The number of hydrogen-bond acceptors (Lipinski definition) is 0. The third-order valence-electron chi connectivity index (χ3n) is 3.01. The van der Waals surface area contributed by atoms with Crippen LogP contribution in [0, 0.1) is 5.41 Å². The van der Waals surface area contributed by atoms with E-state index in [9.17, 15) is 0 Å². The first-order chi connectivity index (χ1) is 4.89. The SMILES string of the molecule is CC1=C(C)C(C)(C)[C]([V])=C1C.Cl.Cl. The molecular formula is C10H17Cl2V. The Bertz CT molecular complexity index is 236.